The monoisotopic (exact) mass is 271 g/mol. The topological polar surface area (TPSA) is 38.3 Å². The number of esters is 1. The van der Waals surface area contributed by atoms with Crippen LogP contribution in [-0.4, -0.2) is 18.1 Å². The second-order valence-corrected chi connectivity index (χ2v) is 5.33. The Balaban J connectivity index is 2.59. The first-order chi connectivity index (χ1) is 8.70. The third-order valence-electron chi connectivity index (χ3n) is 2.42. The Bertz CT molecular complexity index is 455. The van der Waals surface area contributed by atoms with E-state index < -0.39 is 29.2 Å². The number of hydrogen-bond acceptors (Lipinski definition) is 3. The van der Waals surface area contributed by atoms with Crippen LogP contribution in [0, 0.1) is 11.6 Å². The largest absolute Gasteiger partial charge is 0.459 e. The summed E-state index contributed by atoms with van der Waals surface area (Å²) >= 11 is 0. The molecule has 0 saturated carbocycles. The van der Waals surface area contributed by atoms with Crippen molar-refractivity contribution >= 4 is 5.97 Å². The standard InChI is InChI=1S/C14H19F2NO2/c1-9(10-6-5-7-11(15)13(10)16)17-8-12(18)19-14(2,3)4/h5-7,9,17H,8H2,1-4H3. The van der Waals surface area contributed by atoms with E-state index in [1.807, 2.05) is 0 Å². The van der Waals surface area contributed by atoms with E-state index in [2.05, 4.69) is 5.32 Å². The minimum Gasteiger partial charge on any atom is -0.459 e. The number of benzene rings is 1. The molecule has 0 spiro atoms. The van der Waals surface area contributed by atoms with Gasteiger partial charge in [0.1, 0.15) is 5.60 Å². The number of hydrogen-bond donors (Lipinski definition) is 1. The van der Waals surface area contributed by atoms with Gasteiger partial charge in [0.25, 0.3) is 0 Å². The molecule has 5 heteroatoms. The van der Waals surface area contributed by atoms with E-state index in [1.54, 1.807) is 27.7 Å². The number of carbonyl (C=O) groups excluding carboxylic acids is 1. The number of nitrogens with one attached hydrogen (secondary N) is 1. The van der Waals surface area contributed by atoms with Crippen molar-refractivity contribution in [3.05, 3.63) is 35.4 Å². The Morgan fingerprint density at radius 1 is 1.37 bits per heavy atom. The second kappa shape index (κ2) is 6.10. The van der Waals surface area contributed by atoms with Crippen LogP contribution in [0.25, 0.3) is 0 Å². The van der Waals surface area contributed by atoms with Gasteiger partial charge >= 0.3 is 5.97 Å². The molecule has 0 aliphatic heterocycles. The molecular formula is C14H19F2NO2. The van der Waals surface area contributed by atoms with Gasteiger partial charge in [-0.15, -0.1) is 0 Å². The summed E-state index contributed by atoms with van der Waals surface area (Å²) in [6, 6.07) is 3.48. The summed E-state index contributed by atoms with van der Waals surface area (Å²) in [6.45, 7) is 6.89. The molecule has 0 heterocycles. The van der Waals surface area contributed by atoms with Crippen LogP contribution in [0.15, 0.2) is 18.2 Å². The average Bonchev–Trinajstić information content (AvgIpc) is 2.27. The van der Waals surface area contributed by atoms with E-state index in [0.29, 0.717) is 0 Å². The van der Waals surface area contributed by atoms with E-state index in [1.165, 1.54) is 12.1 Å². The van der Waals surface area contributed by atoms with Crippen LogP contribution in [0.2, 0.25) is 0 Å². The summed E-state index contributed by atoms with van der Waals surface area (Å²) in [5, 5.41) is 2.81. The van der Waals surface area contributed by atoms with Crippen LogP contribution < -0.4 is 5.32 Å². The summed E-state index contributed by atoms with van der Waals surface area (Å²) in [5.74, 6) is -2.23. The molecule has 0 bridgehead atoms. The molecule has 0 fully saturated rings. The quantitative estimate of drug-likeness (QED) is 0.856. The first-order valence-electron chi connectivity index (χ1n) is 6.10. The van der Waals surface area contributed by atoms with Crippen molar-refractivity contribution in [1.82, 2.24) is 5.32 Å². The maximum Gasteiger partial charge on any atom is 0.320 e. The Labute approximate surface area is 112 Å². The van der Waals surface area contributed by atoms with Crippen molar-refractivity contribution in [1.29, 1.82) is 0 Å². The highest BCUT2D eigenvalue weighted by molar-refractivity contribution is 5.72. The van der Waals surface area contributed by atoms with Gasteiger partial charge in [-0.25, -0.2) is 8.78 Å². The number of ether oxygens (including phenoxy) is 1. The molecule has 1 N–H and O–H groups in total. The van der Waals surface area contributed by atoms with Crippen LogP contribution in [0.3, 0.4) is 0 Å². The third-order valence-corrected chi connectivity index (χ3v) is 2.42. The minimum absolute atomic E-state index is 0.0611. The van der Waals surface area contributed by atoms with Crippen LogP contribution in [-0.2, 0) is 9.53 Å². The van der Waals surface area contributed by atoms with Gasteiger partial charge in [0.2, 0.25) is 0 Å². The number of halogens is 2. The molecule has 106 valence electrons. The van der Waals surface area contributed by atoms with Gasteiger partial charge in [-0.05, 0) is 33.8 Å². The van der Waals surface area contributed by atoms with E-state index in [0.717, 1.165) is 6.07 Å². The molecule has 1 rings (SSSR count). The van der Waals surface area contributed by atoms with E-state index in [-0.39, 0.29) is 12.1 Å². The molecule has 0 radical (unpaired) electrons. The molecule has 1 unspecified atom stereocenters. The van der Waals surface area contributed by atoms with Crippen molar-refractivity contribution in [2.75, 3.05) is 6.54 Å². The van der Waals surface area contributed by atoms with Gasteiger partial charge in [-0.2, -0.15) is 0 Å². The zero-order valence-corrected chi connectivity index (χ0v) is 11.6. The van der Waals surface area contributed by atoms with Crippen LogP contribution in [0.1, 0.15) is 39.3 Å². The van der Waals surface area contributed by atoms with Gasteiger partial charge in [-0.3, -0.25) is 4.79 Å². The Kier molecular flexibility index (Phi) is 5.00. The summed E-state index contributed by atoms with van der Waals surface area (Å²) < 4.78 is 31.7. The minimum atomic E-state index is -0.900. The first-order valence-corrected chi connectivity index (χ1v) is 6.10. The lowest BCUT2D eigenvalue weighted by molar-refractivity contribution is -0.153. The zero-order valence-electron chi connectivity index (χ0n) is 11.6. The zero-order chi connectivity index (χ0) is 14.6. The average molecular weight is 271 g/mol. The molecule has 0 aliphatic carbocycles. The van der Waals surface area contributed by atoms with Gasteiger partial charge in [0.15, 0.2) is 11.6 Å². The van der Waals surface area contributed by atoms with Crippen LogP contribution in [0.4, 0.5) is 8.78 Å². The van der Waals surface area contributed by atoms with Crippen molar-refractivity contribution in [3.8, 4) is 0 Å². The Hall–Kier alpha value is -1.49. The lowest BCUT2D eigenvalue weighted by atomic mass is 10.1. The van der Waals surface area contributed by atoms with Crippen molar-refractivity contribution in [2.24, 2.45) is 0 Å². The third kappa shape index (κ3) is 4.95. The normalized spacial score (nSPS) is 13.2. The summed E-state index contributed by atoms with van der Waals surface area (Å²) in [4.78, 5) is 11.5. The lowest BCUT2D eigenvalue weighted by Gasteiger charge is -2.21. The second-order valence-electron chi connectivity index (χ2n) is 5.33. The summed E-state index contributed by atoms with van der Waals surface area (Å²) in [6.07, 6.45) is 0. The van der Waals surface area contributed by atoms with Crippen LogP contribution in [0.5, 0.6) is 0 Å². The number of rotatable bonds is 4. The van der Waals surface area contributed by atoms with E-state index in [9.17, 15) is 13.6 Å². The van der Waals surface area contributed by atoms with E-state index in [4.69, 9.17) is 4.74 Å². The molecule has 0 amide bonds. The SMILES string of the molecule is CC(NCC(=O)OC(C)(C)C)c1cccc(F)c1F. The van der Waals surface area contributed by atoms with Gasteiger partial charge in [0, 0.05) is 11.6 Å². The summed E-state index contributed by atoms with van der Waals surface area (Å²) in [5.41, 5.74) is -0.380. The molecule has 1 atom stereocenters. The maximum atomic E-state index is 13.5. The highest BCUT2D eigenvalue weighted by atomic mass is 19.2. The van der Waals surface area contributed by atoms with Crippen molar-refractivity contribution in [2.45, 2.75) is 39.3 Å². The van der Waals surface area contributed by atoms with Crippen molar-refractivity contribution < 1.29 is 18.3 Å². The molecule has 0 saturated heterocycles. The van der Waals surface area contributed by atoms with E-state index >= 15 is 0 Å². The van der Waals surface area contributed by atoms with Gasteiger partial charge < -0.3 is 10.1 Å². The Morgan fingerprint density at radius 2 is 2.00 bits per heavy atom. The highest BCUT2D eigenvalue weighted by Gasteiger charge is 2.18. The molecular weight excluding hydrogens is 252 g/mol. The molecule has 1 aromatic carbocycles. The summed E-state index contributed by atoms with van der Waals surface area (Å²) in [7, 11) is 0. The molecule has 0 aliphatic rings. The van der Waals surface area contributed by atoms with Gasteiger partial charge in [0.05, 0.1) is 6.54 Å². The lowest BCUT2D eigenvalue weighted by Crippen LogP contribution is -2.33. The first kappa shape index (κ1) is 15.6. The highest BCUT2D eigenvalue weighted by Crippen LogP contribution is 2.18. The predicted octanol–water partition coefficient (Wildman–Crippen LogP) is 2.96. The fourth-order valence-electron chi connectivity index (χ4n) is 1.58. The molecule has 3 nitrogen and oxygen atoms in total. The van der Waals surface area contributed by atoms with Crippen molar-refractivity contribution in [3.63, 3.8) is 0 Å². The van der Waals surface area contributed by atoms with Crippen LogP contribution >= 0.6 is 0 Å². The smallest absolute Gasteiger partial charge is 0.320 e. The number of carbonyl (C=O) groups is 1. The van der Waals surface area contributed by atoms with Gasteiger partial charge in [-0.1, -0.05) is 12.1 Å². The molecule has 19 heavy (non-hydrogen) atoms. The maximum absolute atomic E-state index is 13.5. The fourth-order valence-corrected chi connectivity index (χ4v) is 1.58. The molecule has 1 aromatic rings. The fraction of sp³-hybridized carbons (Fsp3) is 0.500. The predicted molar refractivity (Wildman–Crippen MR) is 68.6 cm³/mol. The Morgan fingerprint density at radius 3 is 2.58 bits per heavy atom. The molecule has 0 aromatic heterocycles.